The fraction of sp³-hybridized carbons (Fsp3) is 0.667. The van der Waals surface area contributed by atoms with Gasteiger partial charge < -0.3 is 9.47 Å². The number of unbranched alkanes of at least 4 members (excludes halogenated alkanes) is 9. The minimum absolute atomic E-state index is 0.0278. The highest BCUT2D eigenvalue weighted by Crippen LogP contribution is 2.23. The molecule has 1 aromatic rings. The van der Waals surface area contributed by atoms with E-state index in [1.54, 1.807) is 0 Å². The summed E-state index contributed by atoms with van der Waals surface area (Å²) in [7, 11) is 0. The minimum atomic E-state index is -2.25. The molecule has 0 aliphatic rings. The first-order valence-corrected chi connectivity index (χ1v) is 11.6. The molecule has 0 spiro atoms. The summed E-state index contributed by atoms with van der Waals surface area (Å²) in [6, 6.07) is 0. The van der Waals surface area contributed by atoms with Gasteiger partial charge in [-0.05, 0) is 19.3 Å². The zero-order chi connectivity index (χ0) is 24.6. The maximum Gasteiger partial charge on any atom is 0.306 e. The molecule has 0 aromatic heterocycles. The molecule has 0 unspecified atom stereocenters. The summed E-state index contributed by atoms with van der Waals surface area (Å²) in [6.07, 6.45) is 10.4. The molecule has 0 bridgehead atoms. The second kappa shape index (κ2) is 16.4. The van der Waals surface area contributed by atoms with Crippen molar-refractivity contribution in [2.24, 2.45) is 0 Å². The average molecular weight is 481 g/mol. The molecule has 0 saturated heterocycles. The van der Waals surface area contributed by atoms with E-state index in [1.807, 2.05) is 0 Å². The van der Waals surface area contributed by atoms with Crippen molar-refractivity contribution < 1.29 is 41.0 Å². The molecule has 0 N–H and O–H groups in total. The van der Waals surface area contributed by atoms with Crippen LogP contribution < -0.4 is 0 Å². The molecule has 0 saturated carbocycles. The predicted octanol–water partition coefficient (Wildman–Crippen LogP) is 7.06. The molecule has 4 nitrogen and oxygen atoms in total. The van der Waals surface area contributed by atoms with E-state index in [2.05, 4.69) is 11.7 Å². The van der Waals surface area contributed by atoms with Crippen LogP contribution in [0.25, 0.3) is 0 Å². The highest BCUT2D eigenvalue weighted by Gasteiger charge is 2.26. The Bertz CT molecular complexity index is 726. The molecule has 33 heavy (non-hydrogen) atoms. The van der Waals surface area contributed by atoms with Crippen LogP contribution in [0.2, 0.25) is 0 Å². The van der Waals surface area contributed by atoms with Gasteiger partial charge in [0.15, 0.2) is 23.3 Å². The van der Waals surface area contributed by atoms with Crippen molar-refractivity contribution in [2.45, 2.75) is 97.0 Å². The highest BCUT2D eigenvalue weighted by molar-refractivity contribution is 5.69. The van der Waals surface area contributed by atoms with E-state index in [9.17, 15) is 31.5 Å². The molecule has 1 rings (SSSR count). The summed E-state index contributed by atoms with van der Waals surface area (Å²) < 4.78 is 76.1. The summed E-state index contributed by atoms with van der Waals surface area (Å²) in [6.45, 7) is 1.59. The first kappa shape index (κ1) is 28.8. The predicted molar refractivity (Wildman–Crippen MR) is 113 cm³/mol. The molecular formula is C24H33F5O4. The monoisotopic (exact) mass is 480 g/mol. The molecule has 188 valence electrons. The van der Waals surface area contributed by atoms with E-state index < -0.39 is 47.2 Å². The molecule has 0 radical (unpaired) electrons. The molecule has 0 aliphatic heterocycles. The van der Waals surface area contributed by atoms with Crippen LogP contribution in [-0.2, 0) is 25.7 Å². The van der Waals surface area contributed by atoms with Crippen LogP contribution in [0, 0.1) is 29.1 Å². The van der Waals surface area contributed by atoms with Crippen LogP contribution >= 0.6 is 0 Å². The van der Waals surface area contributed by atoms with E-state index in [-0.39, 0.29) is 12.4 Å². The van der Waals surface area contributed by atoms with Crippen molar-refractivity contribution in [3.05, 3.63) is 34.6 Å². The van der Waals surface area contributed by atoms with Crippen molar-refractivity contribution in [1.82, 2.24) is 0 Å². The third-order valence-corrected chi connectivity index (χ3v) is 5.20. The molecule has 0 aliphatic carbocycles. The summed E-state index contributed by atoms with van der Waals surface area (Å²) in [5.41, 5.74) is -1.17. The number of esters is 2. The Labute approximate surface area is 191 Å². The average Bonchev–Trinajstić information content (AvgIpc) is 2.80. The van der Waals surface area contributed by atoms with Crippen LogP contribution in [0.5, 0.6) is 0 Å². The van der Waals surface area contributed by atoms with Gasteiger partial charge in [0, 0.05) is 12.8 Å². The van der Waals surface area contributed by atoms with Crippen LogP contribution in [-0.4, -0.2) is 18.5 Å². The smallest absolute Gasteiger partial charge is 0.306 e. The fourth-order valence-electron chi connectivity index (χ4n) is 3.21. The Kier molecular flexibility index (Phi) is 14.4. The summed E-state index contributed by atoms with van der Waals surface area (Å²) >= 11 is 0. The van der Waals surface area contributed by atoms with Gasteiger partial charge >= 0.3 is 11.9 Å². The number of carbonyl (C=O) groups is 2. The van der Waals surface area contributed by atoms with Crippen LogP contribution in [0.4, 0.5) is 22.0 Å². The zero-order valence-corrected chi connectivity index (χ0v) is 19.1. The number of rotatable bonds is 17. The number of ether oxygens (including phenoxy) is 2. The number of carbonyl (C=O) groups excluding carboxylic acids is 2. The lowest BCUT2D eigenvalue weighted by Crippen LogP contribution is -2.11. The Morgan fingerprint density at radius 2 is 1.00 bits per heavy atom. The zero-order valence-electron chi connectivity index (χ0n) is 19.1. The van der Waals surface area contributed by atoms with Gasteiger partial charge in [-0.15, -0.1) is 0 Å². The normalized spacial score (nSPS) is 11.0. The van der Waals surface area contributed by atoms with Crippen molar-refractivity contribution in [3.63, 3.8) is 0 Å². The number of halogens is 5. The Morgan fingerprint density at radius 3 is 1.55 bits per heavy atom. The van der Waals surface area contributed by atoms with Gasteiger partial charge in [-0.3, -0.25) is 9.59 Å². The van der Waals surface area contributed by atoms with Gasteiger partial charge in [0.25, 0.3) is 0 Å². The first-order chi connectivity index (χ1) is 15.8. The lowest BCUT2D eigenvalue weighted by Gasteiger charge is -2.09. The van der Waals surface area contributed by atoms with Crippen molar-refractivity contribution in [1.29, 1.82) is 0 Å². The Balaban J connectivity index is 2.07. The number of hydrogen-bond donors (Lipinski definition) is 0. The maximum atomic E-state index is 13.5. The quantitative estimate of drug-likeness (QED) is 0.0788. The SMILES string of the molecule is CCCCCCCOC(=O)CCCCCCCCC(=O)OCc1c(F)c(F)c(F)c(F)c1F. The van der Waals surface area contributed by atoms with Crippen LogP contribution in [0.1, 0.15) is 96.0 Å². The van der Waals surface area contributed by atoms with Crippen LogP contribution in [0.3, 0.4) is 0 Å². The van der Waals surface area contributed by atoms with Crippen molar-refractivity contribution >= 4 is 11.9 Å². The van der Waals surface area contributed by atoms with E-state index in [1.165, 1.54) is 12.8 Å². The van der Waals surface area contributed by atoms with Crippen LogP contribution in [0.15, 0.2) is 0 Å². The van der Waals surface area contributed by atoms with Gasteiger partial charge in [-0.25, -0.2) is 22.0 Å². The summed E-state index contributed by atoms with van der Waals surface area (Å²) in [5, 5.41) is 0. The second-order valence-corrected chi connectivity index (χ2v) is 7.97. The largest absolute Gasteiger partial charge is 0.466 e. The minimum Gasteiger partial charge on any atom is -0.466 e. The lowest BCUT2D eigenvalue weighted by atomic mass is 10.1. The lowest BCUT2D eigenvalue weighted by molar-refractivity contribution is -0.145. The third-order valence-electron chi connectivity index (χ3n) is 5.20. The summed E-state index contributed by atoms with van der Waals surface area (Å²) in [4.78, 5) is 23.3. The van der Waals surface area contributed by atoms with E-state index in [4.69, 9.17) is 4.74 Å². The van der Waals surface area contributed by atoms with E-state index in [0.29, 0.717) is 25.9 Å². The van der Waals surface area contributed by atoms with E-state index >= 15 is 0 Å². The van der Waals surface area contributed by atoms with Gasteiger partial charge in [-0.2, -0.15) is 0 Å². The van der Waals surface area contributed by atoms with Gasteiger partial charge in [0.2, 0.25) is 5.82 Å². The standard InChI is InChI=1S/C24H33F5O4/c1-2-3-4-9-12-15-32-18(30)13-10-7-5-6-8-11-14-19(31)33-16-17-20(25)22(27)24(29)23(28)21(17)26/h2-16H2,1H3. The summed E-state index contributed by atoms with van der Waals surface area (Å²) in [5.74, 6) is -11.4. The van der Waals surface area contributed by atoms with Crippen molar-refractivity contribution in [3.8, 4) is 0 Å². The highest BCUT2D eigenvalue weighted by atomic mass is 19.2. The molecular weight excluding hydrogens is 447 g/mol. The second-order valence-electron chi connectivity index (χ2n) is 7.97. The first-order valence-electron chi connectivity index (χ1n) is 11.6. The molecule has 0 fully saturated rings. The van der Waals surface area contributed by atoms with E-state index in [0.717, 1.165) is 44.9 Å². The molecule has 0 heterocycles. The van der Waals surface area contributed by atoms with Crippen molar-refractivity contribution in [2.75, 3.05) is 6.61 Å². The topological polar surface area (TPSA) is 52.6 Å². The molecule has 0 atom stereocenters. The fourth-order valence-corrected chi connectivity index (χ4v) is 3.21. The maximum absolute atomic E-state index is 13.5. The van der Waals surface area contributed by atoms with Gasteiger partial charge in [-0.1, -0.05) is 58.3 Å². The molecule has 9 heteroatoms. The third kappa shape index (κ3) is 11.0. The number of benzene rings is 1. The molecule has 0 amide bonds. The Hall–Kier alpha value is -2.19. The molecule has 1 aromatic carbocycles. The Morgan fingerprint density at radius 1 is 0.576 bits per heavy atom. The van der Waals surface area contributed by atoms with Gasteiger partial charge in [0.1, 0.15) is 6.61 Å². The van der Waals surface area contributed by atoms with Gasteiger partial charge in [0.05, 0.1) is 12.2 Å². The number of hydrogen-bond acceptors (Lipinski definition) is 4.